The molecule has 0 N–H and O–H groups in total. The molecule has 4 rings (SSSR count). The van der Waals surface area contributed by atoms with Gasteiger partial charge in [0.05, 0.1) is 0 Å². The standard InChI is InChI=1S/C23H25P.4BF4/c1-4-12-20(13-5-1)24(23-18-10-11-19-23,21-14-6-2-7-15-21)22-16-8-3-9-17-22;4*2-1(3,4)5/h1-9,12-17,23-24H,10-11,18-19H2;;;;/q;4*-1. The third-order valence-electron chi connectivity index (χ3n) is 5.65. The fourth-order valence-electron chi connectivity index (χ4n) is 4.67. The van der Waals surface area contributed by atoms with Crippen LogP contribution in [0.2, 0.25) is 0 Å². The van der Waals surface area contributed by atoms with Crippen molar-refractivity contribution in [2.45, 2.75) is 31.3 Å². The zero-order valence-electron chi connectivity index (χ0n) is 22.4. The molecule has 0 amide bonds. The summed E-state index contributed by atoms with van der Waals surface area (Å²) in [6.07, 6.45) is 5.49. The van der Waals surface area contributed by atoms with Crippen LogP contribution >= 0.6 is 7.26 Å². The Morgan fingerprint density at radius 2 is 0.545 bits per heavy atom. The zero-order chi connectivity index (χ0) is 34.2. The topological polar surface area (TPSA) is 0 Å². The van der Waals surface area contributed by atoms with Crippen LogP contribution in [0.25, 0.3) is 0 Å². The van der Waals surface area contributed by atoms with Crippen molar-refractivity contribution in [3.8, 4) is 0 Å². The average molecular weight is 680 g/mol. The normalized spacial score (nSPS) is 14.3. The van der Waals surface area contributed by atoms with Crippen LogP contribution in [0.1, 0.15) is 25.7 Å². The van der Waals surface area contributed by atoms with Crippen LogP contribution in [0, 0.1) is 0 Å². The molecular weight excluding hydrogens is 654 g/mol. The van der Waals surface area contributed by atoms with Crippen LogP contribution < -0.4 is 15.9 Å². The average Bonchev–Trinajstić information content (AvgIpc) is 3.38. The third kappa shape index (κ3) is 21.0. The Kier molecular flexibility index (Phi) is 17.1. The summed E-state index contributed by atoms with van der Waals surface area (Å²) in [6.45, 7) is 0. The second-order valence-electron chi connectivity index (χ2n) is 8.87. The van der Waals surface area contributed by atoms with Gasteiger partial charge in [-0.15, -0.1) is 0 Å². The van der Waals surface area contributed by atoms with E-state index >= 15 is 0 Å². The quantitative estimate of drug-likeness (QED) is 0.146. The van der Waals surface area contributed by atoms with Gasteiger partial charge in [0.25, 0.3) is 0 Å². The van der Waals surface area contributed by atoms with Gasteiger partial charge in [-0.2, -0.15) is 0 Å². The predicted octanol–water partition coefficient (Wildman–Crippen LogP) is 9.86. The molecule has 0 heterocycles. The Bertz CT molecular complexity index is 984. The van der Waals surface area contributed by atoms with Crippen LogP contribution in [0.4, 0.5) is 69.1 Å². The van der Waals surface area contributed by atoms with E-state index < -0.39 is 36.3 Å². The monoisotopic (exact) mass is 680 g/mol. The van der Waals surface area contributed by atoms with Crippen molar-refractivity contribution in [3.63, 3.8) is 0 Å². The molecule has 0 aromatic heterocycles. The second kappa shape index (κ2) is 18.3. The van der Waals surface area contributed by atoms with E-state index in [0.717, 1.165) is 5.66 Å². The summed E-state index contributed by atoms with van der Waals surface area (Å²) in [5.41, 5.74) is 0.796. The van der Waals surface area contributed by atoms with Gasteiger partial charge in [-0.25, -0.2) is 0 Å². The maximum absolute atomic E-state index is 9.75. The molecule has 0 nitrogen and oxygen atoms in total. The Morgan fingerprint density at radius 1 is 0.364 bits per heavy atom. The van der Waals surface area contributed by atoms with Crippen LogP contribution in [0.15, 0.2) is 91.0 Å². The van der Waals surface area contributed by atoms with Gasteiger partial charge in [-0.3, -0.25) is 0 Å². The summed E-state index contributed by atoms with van der Waals surface area (Å²) in [5.74, 6) is 0. The fraction of sp³-hybridized carbons (Fsp3) is 0.217. The number of benzene rings is 3. The van der Waals surface area contributed by atoms with Gasteiger partial charge in [0.15, 0.2) is 0 Å². The molecule has 250 valence electrons. The van der Waals surface area contributed by atoms with Gasteiger partial charge in [0.2, 0.25) is 0 Å². The Hall–Kier alpha value is -2.77. The molecule has 21 heteroatoms. The molecule has 0 aliphatic heterocycles. The van der Waals surface area contributed by atoms with Gasteiger partial charge >= 0.3 is 175 Å². The summed E-state index contributed by atoms with van der Waals surface area (Å²) in [7, 11) is -26.0. The van der Waals surface area contributed by atoms with E-state index in [9.17, 15) is 69.1 Å². The number of hydrogen-bond acceptors (Lipinski definition) is 0. The molecule has 0 spiro atoms. The molecule has 44 heavy (non-hydrogen) atoms. The van der Waals surface area contributed by atoms with Gasteiger partial charge < -0.3 is 69.1 Å². The molecule has 1 aliphatic carbocycles. The first-order valence-corrected chi connectivity index (χ1v) is 14.7. The molecule has 0 unspecified atom stereocenters. The molecule has 1 aliphatic rings. The Labute approximate surface area is 244 Å². The molecule has 0 radical (unpaired) electrons. The number of hydrogen-bond donors (Lipinski definition) is 0. The summed E-state index contributed by atoms with van der Waals surface area (Å²) >= 11 is 0. The van der Waals surface area contributed by atoms with E-state index in [1.54, 1.807) is 15.9 Å². The first-order chi connectivity index (χ1) is 19.9. The minimum absolute atomic E-state index is 0.796. The van der Waals surface area contributed by atoms with Crippen molar-refractivity contribution < 1.29 is 69.1 Å². The summed E-state index contributed by atoms with van der Waals surface area (Å²) < 4.78 is 156. The SMILES string of the molecule is F[B-](F)(F)F.F[B-](F)(F)F.F[B-](F)(F)F.F[B-](F)(F)F.c1ccc([PH](c2ccccc2)(c2ccccc2)C2CCCC2)cc1. The van der Waals surface area contributed by atoms with Crippen LogP contribution in [0.3, 0.4) is 0 Å². The minimum atomic E-state index is -6.00. The Morgan fingerprint density at radius 3 is 0.727 bits per heavy atom. The predicted molar refractivity (Wildman–Crippen MR) is 150 cm³/mol. The number of rotatable bonds is 4. The molecule has 0 saturated heterocycles. The van der Waals surface area contributed by atoms with Gasteiger partial charge in [-0.05, 0) is 0 Å². The van der Waals surface area contributed by atoms with Gasteiger partial charge in [0.1, 0.15) is 0 Å². The van der Waals surface area contributed by atoms with Crippen molar-refractivity contribution >= 4 is 52.2 Å². The molecule has 1 fully saturated rings. The van der Waals surface area contributed by atoms with Crippen molar-refractivity contribution in [1.29, 1.82) is 0 Å². The van der Waals surface area contributed by atoms with Gasteiger partial charge in [-0.1, -0.05) is 0 Å². The molecule has 0 bridgehead atoms. The molecule has 3 aromatic rings. The van der Waals surface area contributed by atoms with E-state index in [2.05, 4.69) is 91.0 Å². The summed E-state index contributed by atoms with van der Waals surface area (Å²) in [5, 5.41) is 4.69. The number of halogens is 16. The maximum atomic E-state index is 9.75. The van der Waals surface area contributed by atoms with Crippen LogP contribution in [-0.2, 0) is 0 Å². The van der Waals surface area contributed by atoms with E-state index in [4.69, 9.17) is 0 Å². The first kappa shape index (κ1) is 41.2. The second-order valence-corrected chi connectivity index (χ2v) is 13.0. The molecule has 3 aromatic carbocycles. The Balaban J connectivity index is 0.000000757. The van der Waals surface area contributed by atoms with Crippen molar-refractivity contribution in [3.05, 3.63) is 91.0 Å². The van der Waals surface area contributed by atoms with E-state index in [0.29, 0.717) is 0 Å². The van der Waals surface area contributed by atoms with E-state index in [1.807, 2.05) is 0 Å². The zero-order valence-corrected chi connectivity index (χ0v) is 23.4. The van der Waals surface area contributed by atoms with E-state index in [-0.39, 0.29) is 0 Å². The summed E-state index contributed by atoms with van der Waals surface area (Å²) in [4.78, 5) is 0. The summed E-state index contributed by atoms with van der Waals surface area (Å²) in [6, 6.07) is 34.0. The first-order valence-electron chi connectivity index (χ1n) is 12.6. The molecular formula is C23H25B4F16P-4. The van der Waals surface area contributed by atoms with Crippen molar-refractivity contribution in [2.75, 3.05) is 0 Å². The van der Waals surface area contributed by atoms with Crippen molar-refractivity contribution in [2.24, 2.45) is 0 Å². The van der Waals surface area contributed by atoms with Gasteiger partial charge in [0, 0.05) is 0 Å². The third-order valence-corrected chi connectivity index (χ3v) is 11.2. The van der Waals surface area contributed by atoms with Crippen LogP contribution in [-0.4, -0.2) is 34.7 Å². The molecule has 0 atom stereocenters. The van der Waals surface area contributed by atoms with Crippen LogP contribution in [0.5, 0.6) is 0 Å². The van der Waals surface area contributed by atoms with Crippen molar-refractivity contribution in [1.82, 2.24) is 0 Å². The van der Waals surface area contributed by atoms with E-state index in [1.165, 1.54) is 25.7 Å². The molecule has 1 saturated carbocycles. The fourth-order valence-corrected chi connectivity index (χ4v) is 10.5.